The van der Waals surface area contributed by atoms with Crippen molar-refractivity contribution in [1.29, 1.82) is 0 Å². The van der Waals surface area contributed by atoms with Gasteiger partial charge in [0.05, 0.1) is 33.5 Å². The monoisotopic (exact) mass is 397 g/mol. The van der Waals surface area contributed by atoms with E-state index in [0.29, 0.717) is 16.7 Å². The molecule has 0 aliphatic carbocycles. The van der Waals surface area contributed by atoms with Crippen molar-refractivity contribution >= 4 is 50.9 Å². The van der Waals surface area contributed by atoms with Crippen molar-refractivity contribution in [1.82, 2.24) is 14.8 Å². The molecule has 4 aromatic rings. The van der Waals surface area contributed by atoms with E-state index in [9.17, 15) is 14.9 Å². The number of aromatic nitrogens is 3. The van der Waals surface area contributed by atoms with E-state index < -0.39 is 10.8 Å². The lowest BCUT2D eigenvalue weighted by atomic mass is 10.1. The third-order valence-corrected chi connectivity index (χ3v) is 4.59. The predicted octanol–water partition coefficient (Wildman–Crippen LogP) is 3.43. The lowest BCUT2D eigenvalue weighted by Crippen LogP contribution is -2.15. The second-order valence-electron chi connectivity index (χ2n) is 5.94. The molecule has 4 rings (SSSR count). The fourth-order valence-electron chi connectivity index (χ4n) is 2.88. The number of hydrogen-bond donors (Lipinski definition) is 1. The predicted molar refractivity (Wildman–Crippen MR) is 104 cm³/mol. The van der Waals surface area contributed by atoms with E-state index in [1.807, 2.05) is 0 Å². The number of nitro groups is 1. The fraction of sp³-hybridized carbons (Fsp3) is 0.0556. The van der Waals surface area contributed by atoms with Crippen molar-refractivity contribution in [2.45, 2.75) is 0 Å². The molecule has 0 aliphatic rings. The number of anilines is 1. The highest BCUT2D eigenvalue weighted by Crippen LogP contribution is 2.29. The Morgan fingerprint density at radius 2 is 2.04 bits per heavy atom. The van der Waals surface area contributed by atoms with Crippen LogP contribution < -0.4 is 10.5 Å². The van der Waals surface area contributed by atoms with Crippen molar-refractivity contribution in [3.05, 3.63) is 63.2 Å². The average molecular weight is 398 g/mol. The van der Waals surface area contributed by atoms with E-state index >= 15 is 0 Å². The molecule has 140 valence electrons. The normalized spacial score (nSPS) is 11.1. The molecule has 0 radical (unpaired) electrons. The Kier molecular flexibility index (Phi) is 4.08. The first-order valence-corrected chi connectivity index (χ1v) is 8.38. The van der Waals surface area contributed by atoms with Gasteiger partial charge < -0.3 is 10.5 Å². The van der Waals surface area contributed by atoms with Gasteiger partial charge in [0.2, 0.25) is 0 Å². The van der Waals surface area contributed by atoms with E-state index in [2.05, 4.69) is 10.1 Å². The number of nitrogen functional groups attached to an aromatic ring is 1. The molecule has 2 aromatic carbocycles. The molecule has 2 N–H and O–H groups in total. The van der Waals surface area contributed by atoms with Crippen molar-refractivity contribution < 1.29 is 14.5 Å². The number of hydrogen-bond acceptors (Lipinski definition) is 7. The smallest absolute Gasteiger partial charge is 0.281 e. The minimum atomic E-state index is -0.595. The van der Waals surface area contributed by atoms with Gasteiger partial charge in [-0.2, -0.15) is 4.68 Å². The standard InChI is InChI=1S/C18H12ClN5O4/c1-28-11-3-5-15-9(6-11)7-13-16(20)22-23(17(13)21-15)18(25)12-4-2-10(24(26)27)8-14(12)19/h2-8H,1H3,(H2,20,22). The summed E-state index contributed by atoms with van der Waals surface area (Å²) >= 11 is 6.07. The summed E-state index contributed by atoms with van der Waals surface area (Å²) in [6.07, 6.45) is 0. The summed E-state index contributed by atoms with van der Waals surface area (Å²) in [7, 11) is 1.56. The number of fused-ring (bicyclic) bond motifs is 2. The molecule has 0 spiro atoms. The number of pyridine rings is 1. The zero-order valence-corrected chi connectivity index (χ0v) is 15.2. The van der Waals surface area contributed by atoms with Crippen LogP contribution in [-0.2, 0) is 0 Å². The molecule has 2 aromatic heterocycles. The van der Waals surface area contributed by atoms with Gasteiger partial charge in [-0.05, 0) is 30.3 Å². The topological polar surface area (TPSA) is 126 Å². The zero-order chi connectivity index (χ0) is 20.0. The van der Waals surface area contributed by atoms with Gasteiger partial charge in [-0.15, -0.1) is 5.10 Å². The highest BCUT2D eigenvalue weighted by atomic mass is 35.5. The van der Waals surface area contributed by atoms with Crippen molar-refractivity contribution in [3.8, 4) is 5.75 Å². The Hall–Kier alpha value is -3.72. The molecule has 0 amide bonds. The van der Waals surface area contributed by atoms with Gasteiger partial charge in [0.25, 0.3) is 11.6 Å². The summed E-state index contributed by atoms with van der Waals surface area (Å²) in [4.78, 5) is 27.7. The van der Waals surface area contributed by atoms with Gasteiger partial charge in [0, 0.05) is 17.5 Å². The number of nitrogens with two attached hydrogens (primary N) is 1. The maximum atomic E-state index is 12.9. The van der Waals surface area contributed by atoms with Gasteiger partial charge in [-0.3, -0.25) is 14.9 Å². The number of methoxy groups -OCH3 is 1. The van der Waals surface area contributed by atoms with Gasteiger partial charge in [-0.25, -0.2) is 4.98 Å². The first-order chi connectivity index (χ1) is 13.4. The van der Waals surface area contributed by atoms with E-state index in [1.165, 1.54) is 12.1 Å². The molecule has 9 nitrogen and oxygen atoms in total. The van der Waals surface area contributed by atoms with Crippen LogP contribution in [0.3, 0.4) is 0 Å². The Labute approximate surface area is 162 Å². The Balaban J connectivity index is 1.88. The SMILES string of the molecule is COc1ccc2nc3c(cc2c1)c(N)nn3C(=O)c1ccc([N+](=O)[O-])cc1Cl. The maximum absolute atomic E-state index is 12.9. The van der Waals surface area contributed by atoms with E-state index in [1.54, 1.807) is 31.4 Å². The summed E-state index contributed by atoms with van der Waals surface area (Å²) in [5, 5.41) is 16.2. The van der Waals surface area contributed by atoms with E-state index in [0.717, 1.165) is 16.1 Å². The summed E-state index contributed by atoms with van der Waals surface area (Å²) in [6.45, 7) is 0. The molecule has 0 bridgehead atoms. The summed E-state index contributed by atoms with van der Waals surface area (Å²) in [5.74, 6) is 0.189. The molecule has 0 saturated heterocycles. The van der Waals surface area contributed by atoms with Crippen LogP contribution in [0.25, 0.3) is 21.9 Å². The lowest BCUT2D eigenvalue weighted by Gasteiger charge is -2.05. The second-order valence-corrected chi connectivity index (χ2v) is 6.35. The van der Waals surface area contributed by atoms with Crippen LogP contribution in [0.5, 0.6) is 5.75 Å². The summed E-state index contributed by atoms with van der Waals surface area (Å²) < 4.78 is 6.25. The molecule has 0 unspecified atom stereocenters. The first kappa shape index (κ1) is 17.7. The highest BCUT2D eigenvalue weighted by Gasteiger charge is 2.21. The third kappa shape index (κ3) is 2.78. The second kappa shape index (κ2) is 6.46. The molecule has 2 heterocycles. The Morgan fingerprint density at radius 3 is 2.71 bits per heavy atom. The van der Waals surface area contributed by atoms with Crippen LogP contribution in [0, 0.1) is 10.1 Å². The van der Waals surface area contributed by atoms with Crippen LogP contribution >= 0.6 is 11.6 Å². The molecule has 0 aliphatic heterocycles. The third-order valence-electron chi connectivity index (χ3n) is 4.27. The molecule has 0 fully saturated rings. The lowest BCUT2D eigenvalue weighted by molar-refractivity contribution is -0.384. The minimum absolute atomic E-state index is 0.0493. The summed E-state index contributed by atoms with van der Waals surface area (Å²) in [5.41, 5.74) is 6.69. The average Bonchev–Trinajstić information content (AvgIpc) is 3.01. The van der Waals surface area contributed by atoms with Gasteiger partial charge in [0.15, 0.2) is 11.5 Å². The number of carbonyl (C=O) groups excluding carboxylic acids is 1. The Morgan fingerprint density at radius 1 is 1.25 bits per heavy atom. The highest BCUT2D eigenvalue weighted by molar-refractivity contribution is 6.34. The molecule has 0 saturated carbocycles. The molecular formula is C18H12ClN5O4. The van der Waals surface area contributed by atoms with Crippen LogP contribution in [-0.4, -0.2) is 32.7 Å². The number of nitrogens with zero attached hydrogens (tertiary/aromatic N) is 4. The van der Waals surface area contributed by atoms with E-state index in [4.69, 9.17) is 22.1 Å². The van der Waals surface area contributed by atoms with Crippen molar-refractivity contribution in [3.63, 3.8) is 0 Å². The molecule has 10 heteroatoms. The van der Waals surface area contributed by atoms with Gasteiger partial charge >= 0.3 is 0 Å². The van der Waals surface area contributed by atoms with Gasteiger partial charge in [-0.1, -0.05) is 11.6 Å². The van der Waals surface area contributed by atoms with Crippen LogP contribution in [0.15, 0.2) is 42.5 Å². The molecule has 0 atom stereocenters. The number of benzene rings is 2. The van der Waals surface area contributed by atoms with Crippen LogP contribution in [0.4, 0.5) is 11.5 Å². The fourth-order valence-corrected chi connectivity index (χ4v) is 3.13. The van der Waals surface area contributed by atoms with Crippen molar-refractivity contribution in [2.75, 3.05) is 12.8 Å². The number of non-ortho nitro benzene ring substituents is 1. The minimum Gasteiger partial charge on any atom is -0.497 e. The number of carbonyl (C=O) groups is 1. The zero-order valence-electron chi connectivity index (χ0n) is 14.4. The van der Waals surface area contributed by atoms with Crippen molar-refractivity contribution in [2.24, 2.45) is 0 Å². The van der Waals surface area contributed by atoms with Crippen LogP contribution in [0.2, 0.25) is 5.02 Å². The summed E-state index contributed by atoms with van der Waals surface area (Å²) in [6, 6.07) is 10.7. The van der Waals surface area contributed by atoms with Gasteiger partial charge in [0.1, 0.15) is 5.75 Å². The quantitative estimate of drug-likeness (QED) is 0.414. The first-order valence-electron chi connectivity index (χ1n) is 8.00. The largest absolute Gasteiger partial charge is 0.497 e. The number of rotatable bonds is 3. The Bertz CT molecular complexity index is 1280. The van der Waals surface area contributed by atoms with E-state index in [-0.39, 0.29) is 27.7 Å². The maximum Gasteiger partial charge on any atom is 0.281 e. The van der Waals surface area contributed by atoms with Crippen LogP contribution in [0.1, 0.15) is 10.4 Å². The number of nitro benzene ring substituents is 1. The number of halogens is 1. The molecule has 28 heavy (non-hydrogen) atoms. The molecular weight excluding hydrogens is 386 g/mol. The number of ether oxygens (including phenoxy) is 1.